The fourth-order valence-electron chi connectivity index (χ4n) is 3.43. The standard InChI is InChI=1S/C21H23N3O2/c1-15-7-8-17(13-16(15)2)21(25)24-11-9-23(10-12-24)14-19-18-5-3-4-6-20(18)26-22-19/h3-8,13H,9-12,14H2,1-2H3. The van der Waals surface area contributed by atoms with Gasteiger partial charge in [-0.25, -0.2) is 0 Å². The summed E-state index contributed by atoms with van der Waals surface area (Å²) >= 11 is 0. The van der Waals surface area contributed by atoms with Gasteiger partial charge in [0.05, 0.1) is 0 Å². The Morgan fingerprint density at radius 3 is 2.58 bits per heavy atom. The number of hydrogen-bond acceptors (Lipinski definition) is 4. The van der Waals surface area contributed by atoms with E-state index in [-0.39, 0.29) is 5.91 Å². The van der Waals surface area contributed by atoms with Crippen LogP contribution in [0, 0.1) is 13.8 Å². The zero-order chi connectivity index (χ0) is 18.1. The number of carbonyl (C=O) groups excluding carboxylic acids is 1. The first kappa shape index (κ1) is 16.8. The summed E-state index contributed by atoms with van der Waals surface area (Å²) in [7, 11) is 0. The molecule has 1 saturated heterocycles. The lowest BCUT2D eigenvalue weighted by atomic mass is 10.1. The van der Waals surface area contributed by atoms with Gasteiger partial charge in [-0.05, 0) is 49.2 Å². The van der Waals surface area contributed by atoms with Crippen LogP contribution in [0.3, 0.4) is 0 Å². The maximum Gasteiger partial charge on any atom is 0.253 e. The first-order chi connectivity index (χ1) is 12.6. The number of aromatic nitrogens is 1. The van der Waals surface area contributed by atoms with E-state index >= 15 is 0 Å². The summed E-state index contributed by atoms with van der Waals surface area (Å²) in [5.41, 5.74) is 4.95. The average Bonchev–Trinajstić information content (AvgIpc) is 3.07. The quantitative estimate of drug-likeness (QED) is 0.727. The first-order valence-corrected chi connectivity index (χ1v) is 9.04. The molecule has 26 heavy (non-hydrogen) atoms. The summed E-state index contributed by atoms with van der Waals surface area (Å²) in [6, 6.07) is 13.9. The van der Waals surface area contributed by atoms with Gasteiger partial charge in [0.1, 0.15) is 5.69 Å². The Bertz CT molecular complexity index is 939. The van der Waals surface area contributed by atoms with Crippen LogP contribution in [-0.4, -0.2) is 47.0 Å². The number of nitrogens with zero attached hydrogens (tertiary/aromatic N) is 3. The van der Waals surface area contributed by atoms with Crippen LogP contribution in [0.2, 0.25) is 0 Å². The van der Waals surface area contributed by atoms with Gasteiger partial charge in [0.15, 0.2) is 5.58 Å². The van der Waals surface area contributed by atoms with E-state index in [4.69, 9.17) is 4.52 Å². The van der Waals surface area contributed by atoms with Crippen molar-refractivity contribution in [3.63, 3.8) is 0 Å². The predicted molar refractivity (Wildman–Crippen MR) is 101 cm³/mol. The highest BCUT2D eigenvalue weighted by atomic mass is 16.5. The van der Waals surface area contributed by atoms with E-state index < -0.39 is 0 Å². The van der Waals surface area contributed by atoms with Gasteiger partial charge in [0, 0.05) is 43.7 Å². The molecule has 0 N–H and O–H groups in total. The number of benzene rings is 2. The van der Waals surface area contributed by atoms with E-state index in [9.17, 15) is 4.79 Å². The van der Waals surface area contributed by atoms with Crippen molar-refractivity contribution in [2.45, 2.75) is 20.4 Å². The summed E-state index contributed by atoms with van der Waals surface area (Å²) in [5, 5.41) is 5.28. The highest BCUT2D eigenvalue weighted by Crippen LogP contribution is 2.20. The van der Waals surface area contributed by atoms with Gasteiger partial charge in [-0.2, -0.15) is 0 Å². The van der Waals surface area contributed by atoms with Crippen LogP contribution in [0.15, 0.2) is 47.0 Å². The van der Waals surface area contributed by atoms with Crippen LogP contribution in [0.4, 0.5) is 0 Å². The van der Waals surface area contributed by atoms with E-state index in [0.29, 0.717) is 0 Å². The number of carbonyl (C=O) groups is 1. The smallest absolute Gasteiger partial charge is 0.253 e. The molecule has 5 nitrogen and oxygen atoms in total. The second-order valence-corrected chi connectivity index (χ2v) is 6.99. The molecule has 1 fully saturated rings. The molecule has 2 heterocycles. The van der Waals surface area contributed by atoms with E-state index in [2.05, 4.69) is 17.0 Å². The second kappa shape index (κ2) is 6.92. The van der Waals surface area contributed by atoms with Crippen LogP contribution in [0.1, 0.15) is 27.2 Å². The molecule has 1 aliphatic heterocycles. The minimum Gasteiger partial charge on any atom is -0.356 e. The Morgan fingerprint density at radius 2 is 1.81 bits per heavy atom. The second-order valence-electron chi connectivity index (χ2n) is 6.99. The molecule has 2 aromatic carbocycles. The van der Waals surface area contributed by atoms with Crippen LogP contribution in [0.5, 0.6) is 0 Å². The van der Waals surface area contributed by atoms with E-state index in [1.54, 1.807) is 0 Å². The third-order valence-corrected chi connectivity index (χ3v) is 5.24. The number of piperazine rings is 1. The Morgan fingerprint density at radius 1 is 1.04 bits per heavy atom. The van der Waals surface area contributed by atoms with Crippen LogP contribution in [-0.2, 0) is 6.54 Å². The van der Waals surface area contributed by atoms with E-state index in [1.165, 1.54) is 5.56 Å². The Labute approximate surface area is 153 Å². The highest BCUT2D eigenvalue weighted by molar-refractivity contribution is 5.94. The van der Waals surface area contributed by atoms with Crippen molar-refractivity contribution < 1.29 is 9.32 Å². The summed E-state index contributed by atoms with van der Waals surface area (Å²) < 4.78 is 5.39. The molecule has 4 rings (SSSR count). The van der Waals surface area contributed by atoms with Crippen molar-refractivity contribution in [2.75, 3.05) is 26.2 Å². The van der Waals surface area contributed by atoms with E-state index in [1.807, 2.05) is 54.3 Å². The molecule has 0 radical (unpaired) electrons. The van der Waals surface area contributed by atoms with Crippen molar-refractivity contribution in [3.8, 4) is 0 Å². The van der Waals surface area contributed by atoms with Crippen molar-refractivity contribution >= 4 is 16.9 Å². The van der Waals surface area contributed by atoms with Gasteiger partial charge < -0.3 is 9.42 Å². The van der Waals surface area contributed by atoms with Crippen molar-refractivity contribution in [1.82, 2.24) is 15.0 Å². The van der Waals surface area contributed by atoms with Crippen molar-refractivity contribution in [3.05, 3.63) is 64.8 Å². The van der Waals surface area contributed by atoms with Gasteiger partial charge in [-0.3, -0.25) is 9.69 Å². The summed E-state index contributed by atoms with van der Waals surface area (Å²) in [6.45, 7) is 8.03. The molecule has 0 spiro atoms. The third-order valence-electron chi connectivity index (χ3n) is 5.24. The zero-order valence-electron chi connectivity index (χ0n) is 15.2. The monoisotopic (exact) mass is 349 g/mol. The van der Waals surface area contributed by atoms with Crippen molar-refractivity contribution in [2.24, 2.45) is 0 Å². The number of hydrogen-bond donors (Lipinski definition) is 0. The number of para-hydroxylation sites is 1. The molecule has 0 unspecified atom stereocenters. The number of amides is 1. The largest absolute Gasteiger partial charge is 0.356 e. The minimum absolute atomic E-state index is 0.125. The fraction of sp³-hybridized carbons (Fsp3) is 0.333. The Hall–Kier alpha value is -2.66. The van der Waals surface area contributed by atoms with E-state index in [0.717, 1.165) is 60.5 Å². The maximum absolute atomic E-state index is 12.7. The van der Waals surface area contributed by atoms with Gasteiger partial charge in [-0.15, -0.1) is 0 Å². The lowest BCUT2D eigenvalue weighted by molar-refractivity contribution is 0.0626. The normalized spacial score (nSPS) is 15.5. The molecule has 3 aromatic rings. The summed E-state index contributed by atoms with van der Waals surface area (Å²) in [6.07, 6.45) is 0. The lowest BCUT2D eigenvalue weighted by Gasteiger charge is -2.34. The third kappa shape index (κ3) is 3.22. The molecule has 1 aliphatic rings. The molecule has 1 amide bonds. The summed E-state index contributed by atoms with van der Waals surface area (Å²) in [5.74, 6) is 0.125. The van der Waals surface area contributed by atoms with Crippen molar-refractivity contribution in [1.29, 1.82) is 0 Å². The molecule has 0 aliphatic carbocycles. The molecular weight excluding hydrogens is 326 g/mol. The highest BCUT2D eigenvalue weighted by Gasteiger charge is 2.23. The average molecular weight is 349 g/mol. The molecule has 1 aromatic heterocycles. The van der Waals surface area contributed by atoms with Gasteiger partial charge >= 0.3 is 0 Å². The molecular formula is C21H23N3O2. The fourth-order valence-corrected chi connectivity index (χ4v) is 3.43. The molecule has 0 saturated carbocycles. The minimum atomic E-state index is 0.125. The van der Waals surface area contributed by atoms with Gasteiger partial charge in [0.2, 0.25) is 0 Å². The molecule has 134 valence electrons. The summed E-state index contributed by atoms with van der Waals surface area (Å²) in [4.78, 5) is 17.0. The zero-order valence-corrected chi connectivity index (χ0v) is 15.2. The SMILES string of the molecule is Cc1ccc(C(=O)N2CCN(Cc3noc4ccccc34)CC2)cc1C. The Balaban J connectivity index is 1.39. The molecule has 0 bridgehead atoms. The van der Waals surface area contributed by atoms with Crippen LogP contribution in [0.25, 0.3) is 11.0 Å². The molecule has 5 heteroatoms. The van der Waals surface area contributed by atoms with Crippen LogP contribution < -0.4 is 0 Å². The van der Waals surface area contributed by atoms with Gasteiger partial charge in [0.25, 0.3) is 5.91 Å². The first-order valence-electron chi connectivity index (χ1n) is 9.04. The van der Waals surface area contributed by atoms with Crippen LogP contribution >= 0.6 is 0 Å². The lowest BCUT2D eigenvalue weighted by Crippen LogP contribution is -2.48. The Kier molecular flexibility index (Phi) is 4.47. The number of rotatable bonds is 3. The van der Waals surface area contributed by atoms with Gasteiger partial charge in [-0.1, -0.05) is 23.4 Å². The maximum atomic E-state index is 12.7. The predicted octanol–water partition coefficient (Wildman–Crippen LogP) is 3.40. The molecule has 0 atom stereocenters. The number of fused-ring (bicyclic) bond motifs is 1. The number of aryl methyl sites for hydroxylation is 2. The topological polar surface area (TPSA) is 49.6 Å².